The average Bonchev–Trinajstić information content (AvgIpc) is 2.86. The minimum absolute atomic E-state index is 0.0895. The normalized spacial score (nSPS) is 18.8. The van der Waals surface area contributed by atoms with E-state index in [0.717, 1.165) is 30.7 Å². The standard InChI is InChI=1S/C15H19NO4/c1-16-9-3-4-13(16)15(18)20-14(17)10-11-5-7-12(19-2)8-6-11/h5-8,13H,3-4,9-10H2,1-2H3. The lowest BCUT2D eigenvalue weighted by Gasteiger charge is -2.16. The fourth-order valence-electron chi connectivity index (χ4n) is 2.33. The highest BCUT2D eigenvalue weighted by Gasteiger charge is 2.30. The van der Waals surface area contributed by atoms with Crippen LogP contribution in [0.2, 0.25) is 0 Å². The van der Waals surface area contributed by atoms with E-state index in [9.17, 15) is 9.59 Å². The number of nitrogens with zero attached hydrogens (tertiary/aromatic N) is 1. The zero-order valence-corrected chi connectivity index (χ0v) is 11.8. The molecule has 1 aliphatic rings. The Balaban J connectivity index is 1.86. The molecule has 1 atom stereocenters. The summed E-state index contributed by atoms with van der Waals surface area (Å²) in [5, 5.41) is 0. The molecular weight excluding hydrogens is 258 g/mol. The van der Waals surface area contributed by atoms with Crippen molar-refractivity contribution in [1.29, 1.82) is 0 Å². The van der Waals surface area contributed by atoms with E-state index in [2.05, 4.69) is 0 Å². The summed E-state index contributed by atoms with van der Waals surface area (Å²) >= 11 is 0. The summed E-state index contributed by atoms with van der Waals surface area (Å²) in [6, 6.07) is 6.83. The number of hydrogen-bond acceptors (Lipinski definition) is 5. The number of benzene rings is 1. The third-order valence-electron chi connectivity index (χ3n) is 3.51. The van der Waals surface area contributed by atoms with Gasteiger partial charge in [0.15, 0.2) is 0 Å². The highest BCUT2D eigenvalue weighted by atomic mass is 16.6. The van der Waals surface area contributed by atoms with Crippen LogP contribution in [0.5, 0.6) is 5.75 Å². The predicted molar refractivity (Wildman–Crippen MR) is 73.4 cm³/mol. The Kier molecular flexibility index (Phi) is 4.74. The summed E-state index contributed by atoms with van der Waals surface area (Å²) in [6.07, 6.45) is 1.81. The zero-order valence-electron chi connectivity index (χ0n) is 11.8. The number of carbonyl (C=O) groups excluding carboxylic acids is 2. The van der Waals surface area contributed by atoms with Crippen LogP contribution in [0.1, 0.15) is 18.4 Å². The fourth-order valence-corrected chi connectivity index (χ4v) is 2.33. The first-order chi connectivity index (χ1) is 9.60. The van der Waals surface area contributed by atoms with E-state index in [1.807, 2.05) is 11.9 Å². The van der Waals surface area contributed by atoms with Gasteiger partial charge in [-0.3, -0.25) is 9.69 Å². The molecule has 0 aromatic heterocycles. The molecule has 1 saturated heterocycles. The maximum Gasteiger partial charge on any atom is 0.330 e. The van der Waals surface area contributed by atoms with Gasteiger partial charge in [-0.05, 0) is 44.1 Å². The third-order valence-corrected chi connectivity index (χ3v) is 3.51. The van der Waals surface area contributed by atoms with Gasteiger partial charge in [0.25, 0.3) is 0 Å². The second-order valence-electron chi connectivity index (χ2n) is 4.96. The number of ether oxygens (including phenoxy) is 2. The lowest BCUT2D eigenvalue weighted by atomic mass is 10.1. The molecule has 0 spiro atoms. The quantitative estimate of drug-likeness (QED) is 0.615. The molecule has 5 heteroatoms. The monoisotopic (exact) mass is 277 g/mol. The molecule has 1 unspecified atom stereocenters. The summed E-state index contributed by atoms with van der Waals surface area (Å²) in [6.45, 7) is 0.867. The molecule has 1 aromatic rings. The van der Waals surface area contributed by atoms with Crippen molar-refractivity contribution >= 4 is 11.9 Å². The van der Waals surface area contributed by atoms with Gasteiger partial charge < -0.3 is 9.47 Å². The Bertz CT molecular complexity index is 483. The molecule has 0 aliphatic carbocycles. The molecule has 0 radical (unpaired) electrons. The highest BCUT2D eigenvalue weighted by Crippen LogP contribution is 2.17. The topological polar surface area (TPSA) is 55.8 Å². The number of rotatable bonds is 4. The number of carbonyl (C=O) groups is 2. The van der Waals surface area contributed by atoms with E-state index in [0.29, 0.717) is 0 Å². The molecule has 0 amide bonds. The molecule has 108 valence electrons. The summed E-state index contributed by atoms with van der Waals surface area (Å²) < 4.78 is 9.96. The van der Waals surface area contributed by atoms with Gasteiger partial charge in [0.1, 0.15) is 11.8 Å². The smallest absolute Gasteiger partial charge is 0.330 e. The van der Waals surface area contributed by atoms with Crippen molar-refractivity contribution in [2.24, 2.45) is 0 Å². The average molecular weight is 277 g/mol. The number of likely N-dealkylation sites (tertiary alicyclic amines) is 1. The second kappa shape index (κ2) is 6.52. The van der Waals surface area contributed by atoms with Crippen molar-refractivity contribution < 1.29 is 19.1 Å². The predicted octanol–water partition coefficient (Wildman–Crippen LogP) is 1.40. The molecular formula is C15H19NO4. The van der Waals surface area contributed by atoms with E-state index in [1.54, 1.807) is 31.4 Å². The molecule has 20 heavy (non-hydrogen) atoms. The van der Waals surface area contributed by atoms with Gasteiger partial charge in [-0.25, -0.2) is 4.79 Å². The number of likely N-dealkylation sites (N-methyl/N-ethyl adjacent to an activating group) is 1. The SMILES string of the molecule is COc1ccc(CC(=O)OC(=O)C2CCCN2C)cc1. The molecule has 1 heterocycles. The Morgan fingerprint density at radius 3 is 2.55 bits per heavy atom. The van der Waals surface area contributed by atoms with E-state index in [-0.39, 0.29) is 12.5 Å². The van der Waals surface area contributed by atoms with Gasteiger partial charge in [-0.1, -0.05) is 12.1 Å². The van der Waals surface area contributed by atoms with Gasteiger partial charge >= 0.3 is 11.9 Å². The van der Waals surface area contributed by atoms with Gasteiger partial charge in [-0.15, -0.1) is 0 Å². The second-order valence-corrected chi connectivity index (χ2v) is 4.96. The van der Waals surface area contributed by atoms with Crippen LogP contribution in [0, 0.1) is 0 Å². The Morgan fingerprint density at radius 1 is 1.30 bits per heavy atom. The van der Waals surface area contributed by atoms with E-state index < -0.39 is 11.9 Å². The maximum absolute atomic E-state index is 11.9. The Morgan fingerprint density at radius 2 is 2.00 bits per heavy atom. The molecule has 0 bridgehead atoms. The lowest BCUT2D eigenvalue weighted by molar-refractivity contribution is -0.162. The van der Waals surface area contributed by atoms with Crippen molar-refractivity contribution in [2.45, 2.75) is 25.3 Å². The first-order valence-corrected chi connectivity index (χ1v) is 6.68. The van der Waals surface area contributed by atoms with Crippen molar-refractivity contribution in [2.75, 3.05) is 20.7 Å². The lowest BCUT2D eigenvalue weighted by Crippen LogP contribution is -2.35. The van der Waals surface area contributed by atoms with Gasteiger partial charge in [0, 0.05) is 0 Å². The number of hydrogen-bond donors (Lipinski definition) is 0. The summed E-state index contributed by atoms with van der Waals surface area (Å²) in [5.41, 5.74) is 0.795. The van der Waals surface area contributed by atoms with Crippen LogP contribution in [0.25, 0.3) is 0 Å². The molecule has 5 nitrogen and oxygen atoms in total. The first kappa shape index (κ1) is 14.5. The van der Waals surface area contributed by atoms with Gasteiger partial charge in [0.2, 0.25) is 0 Å². The summed E-state index contributed by atoms with van der Waals surface area (Å²) in [7, 11) is 3.45. The molecule has 1 aliphatic heterocycles. The number of methoxy groups -OCH3 is 1. The van der Waals surface area contributed by atoms with Crippen LogP contribution in [0.15, 0.2) is 24.3 Å². The minimum atomic E-state index is -0.513. The molecule has 1 fully saturated rings. The van der Waals surface area contributed by atoms with Gasteiger partial charge in [-0.2, -0.15) is 0 Å². The Labute approximate surface area is 118 Å². The van der Waals surface area contributed by atoms with Crippen LogP contribution in [-0.4, -0.2) is 43.6 Å². The molecule has 0 saturated carbocycles. The maximum atomic E-state index is 11.9. The van der Waals surface area contributed by atoms with Crippen LogP contribution in [0.4, 0.5) is 0 Å². The van der Waals surface area contributed by atoms with Gasteiger partial charge in [0.05, 0.1) is 13.5 Å². The van der Waals surface area contributed by atoms with Crippen LogP contribution in [-0.2, 0) is 20.7 Å². The zero-order chi connectivity index (χ0) is 14.5. The van der Waals surface area contributed by atoms with Crippen molar-refractivity contribution in [3.8, 4) is 5.75 Å². The molecule has 2 rings (SSSR count). The minimum Gasteiger partial charge on any atom is -0.497 e. The summed E-state index contributed by atoms with van der Waals surface area (Å²) in [4.78, 5) is 25.5. The van der Waals surface area contributed by atoms with Crippen molar-refractivity contribution in [1.82, 2.24) is 4.90 Å². The van der Waals surface area contributed by atoms with Crippen LogP contribution in [0.3, 0.4) is 0 Å². The summed E-state index contributed by atoms with van der Waals surface area (Å²) in [5.74, 6) is -0.227. The Hall–Kier alpha value is -1.88. The van der Waals surface area contributed by atoms with E-state index in [4.69, 9.17) is 9.47 Å². The largest absolute Gasteiger partial charge is 0.497 e. The first-order valence-electron chi connectivity index (χ1n) is 6.68. The molecule has 1 aromatic carbocycles. The number of esters is 2. The van der Waals surface area contributed by atoms with E-state index in [1.165, 1.54) is 0 Å². The van der Waals surface area contributed by atoms with Crippen molar-refractivity contribution in [3.63, 3.8) is 0 Å². The van der Waals surface area contributed by atoms with Crippen LogP contribution < -0.4 is 4.74 Å². The van der Waals surface area contributed by atoms with Crippen LogP contribution >= 0.6 is 0 Å². The third kappa shape index (κ3) is 3.57. The van der Waals surface area contributed by atoms with Crippen molar-refractivity contribution in [3.05, 3.63) is 29.8 Å². The molecule has 0 N–H and O–H groups in total. The van der Waals surface area contributed by atoms with E-state index >= 15 is 0 Å². The fraction of sp³-hybridized carbons (Fsp3) is 0.467. The highest BCUT2D eigenvalue weighted by molar-refractivity contribution is 5.89.